The molecule has 0 unspecified atom stereocenters. The van der Waals surface area contributed by atoms with Gasteiger partial charge in [0.1, 0.15) is 5.75 Å². The Morgan fingerprint density at radius 1 is 1.20 bits per heavy atom. The Hall–Kier alpha value is -1.97. The molecule has 15 heavy (non-hydrogen) atoms. The van der Waals surface area contributed by atoms with E-state index >= 15 is 0 Å². The first-order chi connectivity index (χ1) is 7.31. The molecule has 0 N–H and O–H groups in total. The molecule has 0 aliphatic rings. The summed E-state index contributed by atoms with van der Waals surface area (Å²) in [6.45, 7) is 0. The van der Waals surface area contributed by atoms with Gasteiger partial charge in [0, 0.05) is 6.20 Å². The average molecular weight is 204 g/mol. The van der Waals surface area contributed by atoms with E-state index in [0.29, 0.717) is 17.0 Å². The summed E-state index contributed by atoms with van der Waals surface area (Å²) in [7, 11) is 1.56. The van der Waals surface area contributed by atoms with Gasteiger partial charge >= 0.3 is 0 Å². The summed E-state index contributed by atoms with van der Waals surface area (Å²) in [6, 6.07) is 6.73. The van der Waals surface area contributed by atoms with Gasteiger partial charge in [0.05, 0.1) is 24.6 Å². The van der Waals surface area contributed by atoms with Crippen molar-refractivity contribution < 1.29 is 9.13 Å². The summed E-state index contributed by atoms with van der Waals surface area (Å²) >= 11 is 0. The van der Waals surface area contributed by atoms with Crippen LogP contribution in [0.15, 0.2) is 36.7 Å². The lowest BCUT2D eigenvalue weighted by atomic mass is 10.2. The molecule has 0 fully saturated rings. The number of rotatable bonds is 2. The standard InChI is InChI=1S/C11H9FN2O/c1-15-8-4-5-10(14-7-8)9-3-2-6-13-11(9)12/h2-7H,1H3. The van der Waals surface area contributed by atoms with Gasteiger partial charge in [-0.05, 0) is 24.3 Å². The van der Waals surface area contributed by atoms with Crippen LogP contribution in [-0.2, 0) is 0 Å². The van der Waals surface area contributed by atoms with Crippen molar-refractivity contribution in [1.29, 1.82) is 0 Å². The summed E-state index contributed by atoms with van der Waals surface area (Å²) < 4.78 is 18.2. The Labute approximate surface area is 86.6 Å². The number of hydrogen-bond acceptors (Lipinski definition) is 3. The Kier molecular flexibility index (Phi) is 2.58. The molecule has 0 spiro atoms. The van der Waals surface area contributed by atoms with Gasteiger partial charge in [0.15, 0.2) is 0 Å². The van der Waals surface area contributed by atoms with Crippen LogP contribution < -0.4 is 4.74 Å². The Morgan fingerprint density at radius 3 is 2.67 bits per heavy atom. The zero-order chi connectivity index (χ0) is 10.7. The highest BCUT2D eigenvalue weighted by Gasteiger charge is 2.05. The number of methoxy groups -OCH3 is 1. The molecule has 0 aliphatic heterocycles. The highest BCUT2D eigenvalue weighted by atomic mass is 19.1. The summed E-state index contributed by atoms with van der Waals surface area (Å²) in [5, 5.41) is 0. The van der Waals surface area contributed by atoms with Gasteiger partial charge in [-0.25, -0.2) is 4.98 Å². The number of pyridine rings is 2. The summed E-state index contributed by atoms with van der Waals surface area (Å²) in [5.74, 6) is 0.123. The maximum atomic E-state index is 13.3. The average Bonchev–Trinajstić information content (AvgIpc) is 2.30. The van der Waals surface area contributed by atoms with Crippen LogP contribution in [0.3, 0.4) is 0 Å². The first kappa shape index (κ1) is 9.58. The molecule has 2 aromatic rings. The van der Waals surface area contributed by atoms with Gasteiger partial charge in [-0.2, -0.15) is 4.39 Å². The number of ether oxygens (including phenoxy) is 1. The van der Waals surface area contributed by atoms with E-state index < -0.39 is 5.95 Å². The normalized spacial score (nSPS) is 10.0. The molecule has 0 amide bonds. The van der Waals surface area contributed by atoms with E-state index in [-0.39, 0.29) is 0 Å². The Bertz CT molecular complexity index is 456. The Morgan fingerprint density at radius 2 is 2.07 bits per heavy atom. The monoisotopic (exact) mass is 204 g/mol. The van der Waals surface area contributed by atoms with Crippen LogP contribution in [0.25, 0.3) is 11.3 Å². The minimum atomic E-state index is -0.518. The number of nitrogens with zero attached hydrogens (tertiary/aromatic N) is 2. The largest absolute Gasteiger partial charge is 0.495 e. The SMILES string of the molecule is COc1ccc(-c2cccnc2F)nc1. The van der Waals surface area contributed by atoms with Gasteiger partial charge in [0.2, 0.25) is 5.95 Å². The van der Waals surface area contributed by atoms with Crippen molar-refractivity contribution in [2.45, 2.75) is 0 Å². The molecule has 2 aromatic heterocycles. The summed E-state index contributed by atoms with van der Waals surface area (Å²) in [5.41, 5.74) is 0.932. The first-order valence-corrected chi connectivity index (χ1v) is 4.42. The number of hydrogen-bond donors (Lipinski definition) is 0. The quantitative estimate of drug-likeness (QED) is 0.704. The zero-order valence-corrected chi connectivity index (χ0v) is 8.14. The van der Waals surface area contributed by atoms with E-state index in [4.69, 9.17) is 4.74 Å². The van der Waals surface area contributed by atoms with Crippen molar-refractivity contribution in [1.82, 2.24) is 9.97 Å². The van der Waals surface area contributed by atoms with E-state index in [1.54, 1.807) is 37.6 Å². The lowest BCUT2D eigenvalue weighted by molar-refractivity contribution is 0.413. The predicted molar refractivity (Wildman–Crippen MR) is 54.0 cm³/mol. The minimum absolute atomic E-state index is 0.389. The zero-order valence-electron chi connectivity index (χ0n) is 8.14. The molecule has 0 atom stereocenters. The molecule has 0 saturated carbocycles. The molecule has 2 heterocycles. The molecule has 3 nitrogen and oxygen atoms in total. The van der Waals surface area contributed by atoms with Crippen LogP contribution in [0.5, 0.6) is 5.75 Å². The molecule has 0 bridgehead atoms. The highest BCUT2D eigenvalue weighted by Crippen LogP contribution is 2.20. The second kappa shape index (κ2) is 4.04. The maximum Gasteiger partial charge on any atom is 0.222 e. The fraction of sp³-hybridized carbons (Fsp3) is 0.0909. The molecule has 0 radical (unpaired) electrons. The molecule has 0 saturated heterocycles. The van der Waals surface area contributed by atoms with Crippen LogP contribution in [0.1, 0.15) is 0 Å². The van der Waals surface area contributed by atoms with Gasteiger partial charge in [0.25, 0.3) is 0 Å². The number of halogens is 1. The van der Waals surface area contributed by atoms with Crippen molar-refractivity contribution in [3.63, 3.8) is 0 Å². The maximum absolute atomic E-state index is 13.3. The summed E-state index contributed by atoms with van der Waals surface area (Å²) in [6.07, 6.45) is 2.95. The van der Waals surface area contributed by atoms with Crippen molar-refractivity contribution in [2.75, 3.05) is 7.11 Å². The van der Waals surface area contributed by atoms with Crippen LogP contribution in [0.2, 0.25) is 0 Å². The fourth-order valence-corrected chi connectivity index (χ4v) is 1.24. The van der Waals surface area contributed by atoms with E-state index in [1.165, 1.54) is 6.20 Å². The topological polar surface area (TPSA) is 35.0 Å². The minimum Gasteiger partial charge on any atom is -0.495 e. The molecular weight excluding hydrogens is 195 g/mol. The van der Waals surface area contributed by atoms with Crippen molar-refractivity contribution in [3.8, 4) is 17.0 Å². The second-order valence-electron chi connectivity index (χ2n) is 2.93. The molecule has 76 valence electrons. The van der Waals surface area contributed by atoms with Gasteiger partial charge in [-0.3, -0.25) is 4.98 Å². The van der Waals surface area contributed by atoms with Crippen LogP contribution in [-0.4, -0.2) is 17.1 Å². The van der Waals surface area contributed by atoms with E-state index in [0.717, 1.165) is 0 Å². The molecule has 4 heteroatoms. The fourth-order valence-electron chi connectivity index (χ4n) is 1.24. The van der Waals surface area contributed by atoms with Crippen molar-refractivity contribution in [3.05, 3.63) is 42.6 Å². The van der Waals surface area contributed by atoms with E-state index in [9.17, 15) is 4.39 Å². The van der Waals surface area contributed by atoms with Gasteiger partial charge < -0.3 is 4.74 Å². The second-order valence-corrected chi connectivity index (χ2v) is 2.93. The molecule has 0 aromatic carbocycles. The number of aromatic nitrogens is 2. The lowest BCUT2D eigenvalue weighted by Crippen LogP contribution is -1.91. The Balaban J connectivity index is 2.42. The van der Waals surface area contributed by atoms with Gasteiger partial charge in [-0.15, -0.1) is 0 Å². The van der Waals surface area contributed by atoms with Crippen LogP contribution in [0.4, 0.5) is 4.39 Å². The van der Waals surface area contributed by atoms with E-state index in [1.807, 2.05) is 0 Å². The molecule has 2 rings (SSSR count). The van der Waals surface area contributed by atoms with E-state index in [2.05, 4.69) is 9.97 Å². The third kappa shape index (κ3) is 1.93. The van der Waals surface area contributed by atoms with Crippen molar-refractivity contribution >= 4 is 0 Å². The predicted octanol–water partition coefficient (Wildman–Crippen LogP) is 2.29. The smallest absolute Gasteiger partial charge is 0.222 e. The highest BCUT2D eigenvalue weighted by molar-refractivity contribution is 5.58. The lowest BCUT2D eigenvalue weighted by Gasteiger charge is -2.02. The molecular formula is C11H9FN2O. The van der Waals surface area contributed by atoms with Gasteiger partial charge in [-0.1, -0.05) is 0 Å². The third-order valence-corrected chi connectivity index (χ3v) is 2.01. The molecule has 0 aliphatic carbocycles. The third-order valence-electron chi connectivity index (χ3n) is 2.01. The van der Waals surface area contributed by atoms with Crippen molar-refractivity contribution in [2.24, 2.45) is 0 Å². The summed E-state index contributed by atoms with van der Waals surface area (Å²) in [4.78, 5) is 7.64. The first-order valence-electron chi connectivity index (χ1n) is 4.42. The van der Waals surface area contributed by atoms with Crippen LogP contribution in [0, 0.1) is 5.95 Å². The van der Waals surface area contributed by atoms with Crippen LogP contribution >= 0.6 is 0 Å².